The highest BCUT2D eigenvalue weighted by Crippen LogP contribution is 2.13. The normalized spacial score (nSPS) is 9.44. The molecular formula is C15H12O. The van der Waals surface area contributed by atoms with Gasteiger partial charge in [-0.05, 0) is 12.1 Å². The molecule has 0 N–H and O–H groups in total. The van der Waals surface area contributed by atoms with E-state index in [1.165, 1.54) is 0 Å². The first-order valence-electron chi connectivity index (χ1n) is 4.98. The summed E-state index contributed by atoms with van der Waals surface area (Å²) in [5.41, 5.74) is 1.87. The summed E-state index contributed by atoms with van der Waals surface area (Å²) in [6, 6.07) is 16.3. The van der Waals surface area contributed by atoms with Gasteiger partial charge in [0.15, 0.2) is 5.78 Å². The van der Waals surface area contributed by atoms with Gasteiger partial charge in [-0.1, -0.05) is 48.4 Å². The first-order valence-corrected chi connectivity index (χ1v) is 4.98. The Morgan fingerprint density at radius 3 is 2.31 bits per heavy atom. The van der Waals surface area contributed by atoms with Crippen LogP contribution in [-0.4, -0.2) is 5.78 Å². The van der Waals surface area contributed by atoms with Crippen molar-refractivity contribution >= 4 is 5.78 Å². The van der Waals surface area contributed by atoms with Gasteiger partial charge in [0.2, 0.25) is 0 Å². The van der Waals surface area contributed by atoms with Crippen LogP contribution in [0.25, 0.3) is 0 Å². The average molecular weight is 208 g/mol. The van der Waals surface area contributed by atoms with Crippen LogP contribution in [0, 0.1) is 12.3 Å². The predicted molar refractivity (Wildman–Crippen MR) is 66.4 cm³/mol. The van der Waals surface area contributed by atoms with E-state index in [9.17, 15) is 4.79 Å². The van der Waals surface area contributed by atoms with E-state index < -0.39 is 0 Å². The van der Waals surface area contributed by atoms with E-state index in [0.29, 0.717) is 16.7 Å². The van der Waals surface area contributed by atoms with Crippen LogP contribution in [0.3, 0.4) is 0 Å². The van der Waals surface area contributed by atoms with Crippen LogP contribution in [0.1, 0.15) is 22.9 Å². The van der Waals surface area contributed by atoms with Crippen molar-refractivity contribution in [3.05, 3.63) is 71.3 Å². The number of rotatable bonds is 2. The molecule has 0 aliphatic rings. The average Bonchev–Trinajstić information content (AvgIpc) is 2.39. The molecule has 0 aliphatic carbocycles. The first kappa shape index (κ1) is 10.2. The van der Waals surface area contributed by atoms with Crippen molar-refractivity contribution in [1.29, 1.82) is 0 Å². The van der Waals surface area contributed by atoms with Crippen LogP contribution in [0.4, 0.5) is 0 Å². The molecule has 2 rings (SSSR count). The molecule has 0 spiro atoms. The lowest BCUT2D eigenvalue weighted by atomic mass is 9.99. The quantitative estimate of drug-likeness (QED) is 0.547. The van der Waals surface area contributed by atoms with Crippen LogP contribution >= 0.6 is 0 Å². The molecule has 1 heteroatoms. The molecule has 16 heavy (non-hydrogen) atoms. The van der Waals surface area contributed by atoms with Crippen LogP contribution in [0.2, 0.25) is 0 Å². The Balaban J connectivity index is 0.00000144. The highest BCUT2D eigenvalue weighted by atomic mass is 16.1. The molecule has 0 amide bonds. The summed E-state index contributed by atoms with van der Waals surface area (Å²) in [6.07, 6.45) is 5.36. The lowest BCUT2D eigenvalue weighted by Gasteiger charge is -2.03. The van der Waals surface area contributed by atoms with Crippen molar-refractivity contribution in [3.8, 4) is 12.3 Å². The fraction of sp³-hybridized carbons (Fsp3) is 0. The lowest BCUT2D eigenvalue weighted by molar-refractivity contribution is 0.103. The summed E-state index contributed by atoms with van der Waals surface area (Å²) in [6.45, 7) is 0. The zero-order valence-electron chi connectivity index (χ0n) is 8.68. The summed E-state index contributed by atoms with van der Waals surface area (Å²) in [5.74, 6) is 2.49. The highest BCUT2D eigenvalue weighted by molar-refractivity contribution is 6.10. The van der Waals surface area contributed by atoms with E-state index in [2.05, 4.69) is 5.92 Å². The summed E-state index contributed by atoms with van der Waals surface area (Å²) in [4.78, 5) is 12.1. The first-order chi connectivity index (χ1) is 7.83. The molecule has 2 aromatic carbocycles. The monoisotopic (exact) mass is 208 g/mol. The van der Waals surface area contributed by atoms with Crippen molar-refractivity contribution in [2.75, 3.05) is 0 Å². The molecule has 0 radical (unpaired) electrons. The predicted octanol–water partition coefficient (Wildman–Crippen LogP) is 3.14. The van der Waals surface area contributed by atoms with Gasteiger partial charge in [-0.15, -0.1) is 6.42 Å². The Kier molecular flexibility index (Phi) is 2.84. The third kappa shape index (κ3) is 1.87. The summed E-state index contributed by atoms with van der Waals surface area (Å²) in [5, 5.41) is 0. The Labute approximate surface area is 96.2 Å². The number of hydrogen-bond donors (Lipinski definition) is 0. The van der Waals surface area contributed by atoms with Crippen LogP contribution in [0.15, 0.2) is 54.6 Å². The van der Waals surface area contributed by atoms with Crippen molar-refractivity contribution in [3.63, 3.8) is 0 Å². The maximum absolute atomic E-state index is 12.1. The molecular weight excluding hydrogens is 196 g/mol. The largest absolute Gasteiger partial charge is 0.289 e. The highest BCUT2D eigenvalue weighted by Gasteiger charge is 2.11. The van der Waals surface area contributed by atoms with Crippen molar-refractivity contribution < 1.29 is 6.22 Å². The molecule has 0 unspecified atom stereocenters. The minimum atomic E-state index is -0.0332. The van der Waals surface area contributed by atoms with Gasteiger partial charge >= 0.3 is 0 Å². The molecule has 0 aromatic heterocycles. The van der Waals surface area contributed by atoms with Crippen LogP contribution in [0.5, 0.6) is 0 Å². The number of hydrogen-bond acceptors (Lipinski definition) is 1. The summed E-state index contributed by atoms with van der Waals surface area (Å²) < 4.78 is 0. The van der Waals surface area contributed by atoms with Gasteiger partial charge in [-0.2, -0.15) is 0 Å². The van der Waals surface area contributed by atoms with Gasteiger partial charge in [-0.3, -0.25) is 4.79 Å². The van der Waals surface area contributed by atoms with Crippen molar-refractivity contribution in [2.45, 2.75) is 0 Å². The van der Waals surface area contributed by atoms with Gasteiger partial charge in [-0.25, -0.2) is 0 Å². The molecule has 0 saturated heterocycles. The van der Waals surface area contributed by atoms with Crippen LogP contribution < -0.4 is 0 Å². The topological polar surface area (TPSA) is 17.1 Å². The van der Waals surface area contributed by atoms with E-state index in [-0.39, 0.29) is 7.21 Å². The van der Waals surface area contributed by atoms with E-state index in [0.717, 1.165) is 0 Å². The molecule has 0 aliphatic heterocycles. The van der Waals surface area contributed by atoms with Gasteiger partial charge in [0.05, 0.1) is 0 Å². The zero-order valence-corrected chi connectivity index (χ0v) is 8.68. The minimum absolute atomic E-state index is 0. The summed E-state index contributed by atoms with van der Waals surface area (Å²) >= 11 is 0. The fourth-order valence-corrected chi connectivity index (χ4v) is 1.55. The van der Waals surface area contributed by atoms with E-state index in [1.54, 1.807) is 24.3 Å². The smallest absolute Gasteiger partial charge is 0.194 e. The second-order valence-corrected chi connectivity index (χ2v) is 3.39. The standard InChI is InChI=1S/C15H10O.H2/c1-2-12-8-6-7-11-14(12)15(16)13-9-4-3-5-10-13;/h1,3-11H;1H. The lowest BCUT2D eigenvalue weighted by Crippen LogP contribution is -2.03. The van der Waals surface area contributed by atoms with Crippen LogP contribution in [-0.2, 0) is 0 Å². The van der Waals surface area contributed by atoms with E-state index >= 15 is 0 Å². The van der Waals surface area contributed by atoms with Crippen molar-refractivity contribution in [2.24, 2.45) is 0 Å². The van der Waals surface area contributed by atoms with Crippen molar-refractivity contribution in [1.82, 2.24) is 0 Å². The maximum Gasteiger partial charge on any atom is 0.194 e. The molecule has 0 saturated carbocycles. The van der Waals surface area contributed by atoms with Gasteiger partial charge in [0, 0.05) is 18.1 Å². The second kappa shape index (κ2) is 4.46. The maximum atomic E-state index is 12.1. The zero-order chi connectivity index (χ0) is 11.4. The third-order valence-corrected chi connectivity index (χ3v) is 2.36. The SMILES string of the molecule is C#Cc1ccccc1C(=O)c1ccccc1.[HH]. The molecule has 0 bridgehead atoms. The molecule has 0 heterocycles. The Hall–Kier alpha value is -2.33. The molecule has 1 nitrogen and oxygen atoms in total. The number of terminal acetylenes is 1. The Bertz CT molecular complexity index is 553. The van der Waals surface area contributed by atoms with Gasteiger partial charge in [0.1, 0.15) is 0 Å². The Morgan fingerprint density at radius 1 is 1.00 bits per heavy atom. The van der Waals surface area contributed by atoms with E-state index in [1.807, 2.05) is 30.3 Å². The molecule has 0 fully saturated rings. The third-order valence-electron chi connectivity index (χ3n) is 2.36. The number of ketones is 1. The molecule has 2 aromatic rings. The fourth-order valence-electron chi connectivity index (χ4n) is 1.55. The molecule has 78 valence electrons. The minimum Gasteiger partial charge on any atom is -0.289 e. The number of carbonyl (C=O) groups excluding carboxylic acids is 1. The number of carbonyl (C=O) groups is 1. The Morgan fingerprint density at radius 2 is 1.62 bits per heavy atom. The summed E-state index contributed by atoms with van der Waals surface area (Å²) in [7, 11) is 0. The van der Waals surface area contributed by atoms with Gasteiger partial charge in [0.25, 0.3) is 0 Å². The van der Waals surface area contributed by atoms with E-state index in [4.69, 9.17) is 6.42 Å². The molecule has 0 atom stereocenters. The van der Waals surface area contributed by atoms with Gasteiger partial charge < -0.3 is 0 Å². The number of benzene rings is 2. The second-order valence-electron chi connectivity index (χ2n) is 3.39.